The average molecular weight is 246 g/mol. The van der Waals surface area contributed by atoms with Crippen molar-refractivity contribution in [2.45, 2.75) is 26.3 Å². The Bertz CT molecular complexity index is 402. The molecule has 1 aliphatic rings. The van der Waals surface area contributed by atoms with Crippen molar-refractivity contribution in [1.29, 1.82) is 0 Å². The predicted octanol–water partition coefficient (Wildman–Crippen LogP) is 2.19. The minimum Gasteiger partial charge on any atom is -0.340 e. The van der Waals surface area contributed by atoms with Crippen LogP contribution in [0.3, 0.4) is 0 Å². The van der Waals surface area contributed by atoms with E-state index in [4.69, 9.17) is 5.73 Å². The first-order valence-electron chi connectivity index (χ1n) is 6.66. The van der Waals surface area contributed by atoms with E-state index in [0.29, 0.717) is 24.8 Å². The number of nitrogens with zero attached hydrogens (tertiary/aromatic N) is 1. The Labute approximate surface area is 109 Å². The molecule has 1 aromatic carbocycles. The van der Waals surface area contributed by atoms with Crippen molar-refractivity contribution in [2.75, 3.05) is 13.1 Å². The Morgan fingerprint density at radius 3 is 2.56 bits per heavy atom. The number of hydrogen-bond acceptors (Lipinski definition) is 2. The van der Waals surface area contributed by atoms with Crippen LogP contribution < -0.4 is 5.73 Å². The molecule has 1 aliphatic heterocycles. The number of carbonyl (C=O) groups is 1. The molecule has 2 N–H and O–H groups in total. The molecule has 2 atom stereocenters. The molecule has 1 heterocycles. The van der Waals surface area contributed by atoms with Crippen LogP contribution in [0.5, 0.6) is 0 Å². The molecule has 0 spiro atoms. The highest BCUT2D eigenvalue weighted by atomic mass is 16.2. The summed E-state index contributed by atoms with van der Waals surface area (Å²) in [7, 11) is 0. The molecule has 1 amide bonds. The van der Waals surface area contributed by atoms with Crippen LogP contribution in [0.15, 0.2) is 30.3 Å². The zero-order valence-corrected chi connectivity index (χ0v) is 11.2. The first-order valence-corrected chi connectivity index (χ1v) is 6.66. The molecule has 98 valence electrons. The summed E-state index contributed by atoms with van der Waals surface area (Å²) in [5.74, 6) is 1.30. The van der Waals surface area contributed by atoms with Crippen molar-refractivity contribution in [1.82, 2.24) is 4.90 Å². The Hall–Kier alpha value is -1.35. The molecule has 2 unspecified atom stereocenters. The summed E-state index contributed by atoms with van der Waals surface area (Å²) in [5, 5.41) is 0. The third-order valence-corrected chi connectivity index (χ3v) is 3.83. The monoisotopic (exact) mass is 246 g/mol. The molecule has 0 radical (unpaired) electrons. The lowest BCUT2D eigenvalue weighted by Gasteiger charge is -2.22. The highest BCUT2D eigenvalue weighted by molar-refractivity contribution is 5.78. The van der Waals surface area contributed by atoms with Crippen molar-refractivity contribution in [2.24, 2.45) is 17.6 Å². The van der Waals surface area contributed by atoms with E-state index in [-0.39, 0.29) is 11.9 Å². The van der Waals surface area contributed by atoms with E-state index >= 15 is 0 Å². The molecular formula is C15H22N2O. The van der Waals surface area contributed by atoms with Gasteiger partial charge in [-0.25, -0.2) is 0 Å². The summed E-state index contributed by atoms with van der Waals surface area (Å²) in [6, 6.07) is 9.90. The minimum atomic E-state index is -0.0823. The topological polar surface area (TPSA) is 46.3 Å². The third-order valence-electron chi connectivity index (χ3n) is 3.83. The lowest BCUT2D eigenvalue weighted by Crippen LogP contribution is -2.33. The maximum Gasteiger partial charge on any atom is 0.222 e. The molecular weight excluding hydrogens is 224 g/mol. The molecule has 0 bridgehead atoms. The maximum atomic E-state index is 11.9. The van der Waals surface area contributed by atoms with Gasteiger partial charge in [-0.15, -0.1) is 0 Å². The van der Waals surface area contributed by atoms with Gasteiger partial charge in [0.25, 0.3) is 0 Å². The predicted molar refractivity (Wildman–Crippen MR) is 72.9 cm³/mol. The van der Waals surface area contributed by atoms with E-state index in [1.54, 1.807) is 0 Å². The van der Waals surface area contributed by atoms with Crippen LogP contribution >= 0.6 is 0 Å². The summed E-state index contributed by atoms with van der Waals surface area (Å²) in [5.41, 5.74) is 7.26. The minimum absolute atomic E-state index is 0.0823. The number of rotatable bonds is 4. The Morgan fingerprint density at radius 1 is 1.33 bits per heavy atom. The molecule has 3 heteroatoms. The second-order valence-electron chi connectivity index (χ2n) is 5.52. The average Bonchev–Trinajstić information content (AvgIpc) is 2.72. The summed E-state index contributed by atoms with van der Waals surface area (Å²) in [6.45, 7) is 5.85. The van der Waals surface area contributed by atoms with Gasteiger partial charge in [0.05, 0.1) is 0 Å². The first kappa shape index (κ1) is 13.1. The highest BCUT2D eigenvalue weighted by Crippen LogP contribution is 2.26. The SMILES string of the molecule is CC(C)C1CC(=O)N(CC(N)c2ccccc2)C1. The van der Waals surface area contributed by atoms with Gasteiger partial charge in [0.1, 0.15) is 0 Å². The molecule has 1 fully saturated rings. The summed E-state index contributed by atoms with van der Waals surface area (Å²) in [6.07, 6.45) is 0.680. The lowest BCUT2D eigenvalue weighted by molar-refractivity contribution is -0.128. The van der Waals surface area contributed by atoms with E-state index in [2.05, 4.69) is 13.8 Å². The van der Waals surface area contributed by atoms with Gasteiger partial charge in [-0.05, 0) is 17.4 Å². The van der Waals surface area contributed by atoms with Crippen LogP contribution in [0.1, 0.15) is 31.9 Å². The smallest absolute Gasteiger partial charge is 0.222 e. The van der Waals surface area contributed by atoms with Gasteiger partial charge in [0, 0.05) is 25.6 Å². The quantitative estimate of drug-likeness (QED) is 0.885. The van der Waals surface area contributed by atoms with E-state index in [0.717, 1.165) is 12.1 Å². The van der Waals surface area contributed by atoms with E-state index < -0.39 is 0 Å². The van der Waals surface area contributed by atoms with Gasteiger partial charge in [0.2, 0.25) is 5.91 Å². The number of likely N-dealkylation sites (tertiary alicyclic amines) is 1. The van der Waals surface area contributed by atoms with Gasteiger partial charge < -0.3 is 10.6 Å². The van der Waals surface area contributed by atoms with Crippen molar-refractivity contribution in [3.05, 3.63) is 35.9 Å². The lowest BCUT2D eigenvalue weighted by atomic mass is 9.95. The zero-order chi connectivity index (χ0) is 13.1. The molecule has 0 aliphatic carbocycles. The summed E-state index contributed by atoms with van der Waals surface area (Å²) in [4.78, 5) is 13.8. The Morgan fingerprint density at radius 2 is 2.00 bits per heavy atom. The second kappa shape index (κ2) is 5.53. The summed E-state index contributed by atoms with van der Waals surface area (Å²) >= 11 is 0. The standard InChI is InChI=1S/C15H22N2O/c1-11(2)13-8-15(18)17(9-13)10-14(16)12-6-4-3-5-7-12/h3-7,11,13-14H,8-10,16H2,1-2H3. The van der Waals surface area contributed by atoms with Crippen molar-refractivity contribution < 1.29 is 4.79 Å². The molecule has 0 saturated carbocycles. The second-order valence-corrected chi connectivity index (χ2v) is 5.52. The van der Waals surface area contributed by atoms with Crippen LogP contribution in [0.25, 0.3) is 0 Å². The number of benzene rings is 1. The molecule has 1 saturated heterocycles. The van der Waals surface area contributed by atoms with E-state index in [9.17, 15) is 4.79 Å². The van der Waals surface area contributed by atoms with Gasteiger partial charge in [-0.2, -0.15) is 0 Å². The first-order chi connectivity index (χ1) is 8.58. The summed E-state index contributed by atoms with van der Waals surface area (Å²) < 4.78 is 0. The van der Waals surface area contributed by atoms with Gasteiger partial charge >= 0.3 is 0 Å². The third kappa shape index (κ3) is 2.91. The van der Waals surface area contributed by atoms with Crippen LogP contribution in [0, 0.1) is 11.8 Å². The molecule has 1 aromatic rings. The molecule has 2 rings (SSSR count). The van der Waals surface area contributed by atoms with Crippen LogP contribution in [0.4, 0.5) is 0 Å². The molecule has 0 aromatic heterocycles. The van der Waals surface area contributed by atoms with Crippen LogP contribution in [0.2, 0.25) is 0 Å². The fourth-order valence-electron chi connectivity index (χ4n) is 2.47. The normalized spacial score (nSPS) is 21.7. The highest BCUT2D eigenvalue weighted by Gasteiger charge is 2.32. The Kier molecular flexibility index (Phi) is 4.02. The van der Waals surface area contributed by atoms with E-state index in [1.165, 1.54) is 0 Å². The zero-order valence-electron chi connectivity index (χ0n) is 11.2. The molecule has 18 heavy (non-hydrogen) atoms. The van der Waals surface area contributed by atoms with Gasteiger partial charge in [-0.1, -0.05) is 44.2 Å². The maximum absolute atomic E-state index is 11.9. The largest absolute Gasteiger partial charge is 0.340 e. The number of hydrogen-bond donors (Lipinski definition) is 1. The molecule has 3 nitrogen and oxygen atoms in total. The Balaban J connectivity index is 1.96. The van der Waals surface area contributed by atoms with E-state index in [1.807, 2.05) is 35.2 Å². The van der Waals surface area contributed by atoms with Gasteiger partial charge in [-0.3, -0.25) is 4.79 Å². The van der Waals surface area contributed by atoms with Crippen LogP contribution in [-0.4, -0.2) is 23.9 Å². The van der Waals surface area contributed by atoms with Crippen LogP contribution in [-0.2, 0) is 4.79 Å². The fraction of sp³-hybridized carbons (Fsp3) is 0.533. The fourth-order valence-corrected chi connectivity index (χ4v) is 2.47. The number of nitrogens with two attached hydrogens (primary N) is 1. The number of carbonyl (C=O) groups excluding carboxylic acids is 1. The van der Waals surface area contributed by atoms with Crippen molar-refractivity contribution in [3.8, 4) is 0 Å². The van der Waals surface area contributed by atoms with Gasteiger partial charge in [0.15, 0.2) is 0 Å². The van der Waals surface area contributed by atoms with Crippen molar-refractivity contribution in [3.63, 3.8) is 0 Å². The van der Waals surface area contributed by atoms with Crippen molar-refractivity contribution >= 4 is 5.91 Å². The number of amides is 1.